The van der Waals surface area contributed by atoms with Gasteiger partial charge in [-0.25, -0.2) is 9.18 Å². The van der Waals surface area contributed by atoms with Gasteiger partial charge in [0.25, 0.3) is 0 Å². The lowest BCUT2D eigenvalue weighted by atomic mass is 9.97. The molecular weight excluding hydrogens is 283 g/mol. The van der Waals surface area contributed by atoms with Crippen LogP contribution in [0.4, 0.5) is 4.39 Å². The summed E-state index contributed by atoms with van der Waals surface area (Å²) in [4.78, 5) is 12.3. The van der Waals surface area contributed by atoms with Crippen molar-refractivity contribution in [3.05, 3.63) is 75.4 Å². The number of phenolic OH excluding ortho intramolecular Hbond substituents is 1. The van der Waals surface area contributed by atoms with Crippen LogP contribution >= 0.6 is 0 Å². The van der Waals surface area contributed by atoms with Gasteiger partial charge in [0.15, 0.2) is 0 Å². The molecule has 3 rings (SSSR count). The first-order valence-corrected chi connectivity index (χ1v) is 7.10. The number of hydrogen-bond donors (Lipinski definition) is 1. The van der Waals surface area contributed by atoms with Crippen molar-refractivity contribution in [3.8, 4) is 5.75 Å². The third kappa shape index (κ3) is 2.60. The molecule has 0 aliphatic heterocycles. The summed E-state index contributed by atoms with van der Waals surface area (Å²) in [5.74, 6) is -0.246. The highest BCUT2D eigenvalue weighted by Gasteiger charge is 2.14. The van der Waals surface area contributed by atoms with Crippen molar-refractivity contribution in [2.45, 2.75) is 19.8 Å². The molecule has 0 spiro atoms. The molecule has 112 valence electrons. The lowest BCUT2D eigenvalue weighted by molar-refractivity contribution is 0.472. The number of rotatable bonds is 3. The second kappa shape index (κ2) is 5.64. The van der Waals surface area contributed by atoms with Gasteiger partial charge in [-0.15, -0.1) is 0 Å². The highest BCUT2D eigenvalue weighted by Crippen LogP contribution is 2.25. The number of halogens is 1. The third-order valence-electron chi connectivity index (χ3n) is 3.75. The Morgan fingerprint density at radius 1 is 1.09 bits per heavy atom. The first-order valence-electron chi connectivity index (χ1n) is 7.10. The van der Waals surface area contributed by atoms with E-state index in [0.29, 0.717) is 24.0 Å². The zero-order chi connectivity index (χ0) is 15.7. The van der Waals surface area contributed by atoms with Gasteiger partial charge in [-0.3, -0.25) is 0 Å². The lowest BCUT2D eigenvalue weighted by Crippen LogP contribution is -2.12. The van der Waals surface area contributed by atoms with E-state index in [0.717, 1.165) is 16.5 Å². The fourth-order valence-corrected chi connectivity index (χ4v) is 2.68. The van der Waals surface area contributed by atoms with Crippen LogP contribution in [0, 0.1) is 5.82 Å². The second-order valence-corrected chi connectivity index (χ2v) is 5.18. The van der Waals surface area contributed by atoms with Gasteiger partial charge in [-0.2, -0.15) is 0 Å². The molecule has 0 saturated heterocycles. The Hall–Kier alpha value is -2.62. The number of fused-ring (bicyclic) bond motifs is 1. The predicted molar refractivity (Wildman–Crippen MR) is 82.7 cm³/mol. The van der Waals surface area contributed by atoms with Gasteiger partial charge in [0.1, 0.15) is 17.1 Å². The molecular formula is C18H15FO3. The molecule has 1 N–H and O–H groups in total. The molecule has 1 aromatic heterocycles. The van der Waals surface area contributed by atoms with Crippen LogP contribution < -0.4 is 5.63 Å². The molecule has 3 nitrogen and oxygen atoms in total. The Labute approximate surface area is 126 Å². The Morgan fingerprint density at radius 3 is 2.50 bits per heavy atom. The molecule has 2 aromatic carbocycles. The third-order valence-corrected chi connectivity index (χ3v) is 3.75. The minimum absolute atomic E-state index is 0.0592. The average molecular weight is 298 g/mol. The van der Waals surface area contributed by atoms with Crippen LogP contribution in [0.2, 0.25) is 0 Å². The maximum absolute atomic E-state index is 13.0. The summed E-state index contributed by atoms with van der Waals surface area (Å²) < 4.78 is 18.3. The van der Waals surface area contributed by atoms with Crippen molar-refractivity contribution in [1.82, 2.24) is 0 Å². The molecule has 0 saturated carbocycles. The van der Waals surface area contributed by atoms with Crippen LogP contribution in [-0.4, -0.2) is 5.11 Å². The van der Waals surface area contributed by atoms with Gasteiger partial charge in [0.2, 0.25) is 0 Å². The summed E-state index contributed by atoms with van der Waals surface area (Å²) in [7, 11) is 0. The molecule has 0 unspecified atom stereocenters. The fraction of sp³-hybridized carbons (Fsp3) is 0.167. The van der Waals surface area contributed by atoms with Crippen molar-refractivity contribution in [1.29, 1.82) is 0 Å². The van der Waals surface area contributed by atoms with E-state index in [1.54, 1.807) is 24.3 Å². The molecule has 3 aromatic rings. The molecule has 0 aliphatic carbocycles. The molecule has 0 aliphatic rings. The van der Waals surface area contributed by atoms with Crippen molar-refractivity contribution in [2.24, 2.45) is 0 Å². The maximum atomic E-state index is 13.0. The van der Waals surface area contributed by atoms with Crippen LogP contribution in [0.15, 0.2) is 51.7 Å². The van der Waals surface area contributed by atoms with E-state index in [9.17, 15) is 14.3 Å². The molecule has 0 bridgehead atoms. The summed E-state index contributed by atoms with van der Waals surface area (Å²) in [6.45, 7) is 1.97. The summed E-state index contributed by atoms with van der Waals surface area (Å²) >= 11 is 0. The minimum atomic E-state index is -0.417. The van der Waals surface area contributed by atoms with Crippen LogP contribution in [0.5, 0.6) is 5.75 Å². The van der Waals surface area contributed by atoms with E-state index >= 15 is 0 Å². The van der Waals surface area contributed by atoms with E-state index in [4.69, 9.17) is 4.42 Å². The number of aromatic hydroxyl groups is 1. The van der Waals surface area contributed by atoms with Crippen molar-refractivity contribution in [3.63, 3.8) is 0 Å². The molecule has 0 fully saturated rings. The van der Waals surface area contributed by atoms with Gasteiger partial charge in [0.05, 0.1) is 0 Å². The van der Waals surface area contributed by atoms with Crippen LogP contribution in [-0.2, 0) is 12.8 Å². The second-order valence-electron chi connectivity index (χ2n) is 5.18. The van der Waals surface area contributed by atoms with E-state index < -0.39 is 5.63 Å². The lowest BCUT2D eigenvalue weighted by Gasteiger charge is -2.10. The van der Waals surface area contributed by atoms with Gasteiger partial charge in [0, 0.05) is 23.4 Å². The van der Waals surface area contributed by atoms with Crippen molar-refractivity contribution >= 4 is 11.0 Å². The number of aryl methyl sites for hydroxylation is 1. The Balaban J connectivity index is 2.16. The molecule has 4 heteroatoms. The summed E-state index contributed by atoms with van der Waals surface area (Å²) in [6.07, 6.45) is 1.06. The van der Waals surface area contributed by atoms with E-state index in [1.807, 2.05) is 6.92 Å². The molecule has 22 heavy (non-hydrogen) atoms. The van der Waals surface area contributed by atoms with Crippen LogP contribution in [0.3, 0.4) is 0 Å². The molecule has 0 atom stereocenters. The number of hydrogen-bond acceptors (Lipinski definition) is 3. The zero-order valence-electron chi connectivity index (χ0n) is 12.1. The van der Waals surface area contributed by atoms with Crippen LogP contribution in [0.1, 0.15) is 23.6 Å². The van der Waals surface area contributed by atoms with Crippen LogP contribution in [0.25, 0.3) is 11.0 Å². The number of phenols is 1. The molecule has 0 radical (unpaired) electrons. The summed E-state index contributed by atoms with van der Waals surface area (Å²) in [5, 5.41) is 10.3. The fourth-order valence-electron chi connectivity index (χ4n) is 2.68. The van der Waals surface area contributed by atoms with E-state index in [2.05, 4.69) is 0 Å². The summed E-state index contributed by atoms with van der Waals surface area (Å²) in [5.41, 5.74) is 2.29. The average Bonchev–Trinajstić information content (AvgIpc) is 2.50. The van der Waals surface area contributed by atoms with Gasteiger partial charge < -0.3 is 9.52 Å². The Bertz CT molecular complexity index is 879. The molecule has 1 heterocycles. The van der Waals surface area contributed by atoms with E-state index in [1.165, 1.54) is 18.2 Å². The predicted octanol–water partition coefficient (Wildman–Crippen LogP) is 3.79. The first kappa shape index (κ1) is 14.3. The highest BCUT2D eigenvalue weighted by atomic mass is 19.1. The van der Waals surface area contributed by atoms with Gasteiger partial charge in [-0.1, -0.05) is 19.1 Å². The SMILES string of the molecule is CCc1c(Cc2ccc(F)cc2)c(=O)oc2cc(O)ccc12. The van der Waals surface area contributed by atoms with Crippen molar-refractivity contribution in [2.75, 3.05) is 0 Å². The summed E-state index contributed by atoms with van der Waals surface area (Å²) in [6, 6.07) is 10.8. The van der Waals surface area contributed by atoms with Crippen molar-refractivity contribution < 1.29 is 13.9 Å². The largest absolute Gasteiger partial charge is 0.508 e. The topological polar surface area (TPSA) is 50.4 Å². The number of benzene rings is 2. The quantitative estimate of drug-likeness (QED) is 0.748. The smallest absolute Gasteiger partial charge is 0.340 e. The Kier molecular flexibility index (Phi) is 3.67. The maximum Gasteiger partial charge on any atom is 0.340 e. The Morgan fingerprint density at radius 2 is 1.82 bits per heavy atom. The van der Waals surface area contributed by atoms with Gasteiger partial charge >= 0.3 is 5.63 Å². The normalized spacial score (nSPS) is 11.0. The monoisotopic (exact) mass is 298 g/mol. The molecule has 0 amide bonds. The standard InChI is InChI=1S/C18H15FO3/c1-2-14-15-8-7-13(20)10-17(15)22-18(21)16(14)9-11-3-5-12(19)6-4-11/h3-8,10,20H,2,9H2,1H3. The zero-order valence-corrected chi connectivity index (χ0v) is 12.1. The van der Waals surface area contributed by atoms with Gasteiger partial charge in [-0.05, 0) is 41.8 Å². The highest BCUT2D eigenvalue weighted by molar-refractivity contribution is 5.82. The minimum Gasteiger partial charge on any atom is -0.508 e. The first-order chi connectivity index (χ1) is 10.6. The van der Waals surface area contributed by atoms with E-state index in [-0.39, 0.29) is 11.6 Å².